The molecule has 3 unspecified atom stereocenters. The normalized spacial score (nSPS) is 24.7. The van der Waals surface area contributed by atoms with Crippen molar-refractivity contribution in [3.8, 4) is 5.75 Å². The number of alkyl halides is 3. The fourth-order valence-electron chi connectivity index (χ4n) is 3.01. The van der Waals surface area contributed by atoms with Gasteiger partial charge < -0.3 is 10.5 Å². The molecule has 3 atom stereocenters. The van der Waals surface area contributed by atoms with E-state index >= 15 is 0 Å². The van der Waals surface area contributed by atoms with E-state index in [1.54, 1.807) is 6.07 Å². The molecule has 1 aliphatic rings. The average Bonchev–Trinajstić information content (AvgIpc) is 2.45. The lowest BCUT2D eigenvalue weighted by atomic mass is 9.76. The quantitative estimate of drug-likeness (QED) is 0.849. The smallest absolute Gasteiger partial charge is 0.391 e. The zero-order valence-electron chi connectivity index (χ0n) is 11.8. The number of halogens is 4. The highest BCUT2D eigenvalue weighted by molar-refractivity contribution is 5.31. The zero-order chi connectivity index (χ0) is 15.6. The Morgan fingerprint density at radius 3 is 2.57 bits per heavy atom. The van der Waals surface area contributed by atoms with Crippen LogP contribution in [0.3, 0.4) is 0 Å². The summed E-state index contributed by atoms with van der Waals surface area (Å²) in [5, 5.41) is 0. The number of methoxy groups -OCH3 is 1. The third kappa shape index (κ3) is 3.67. The van der Waals surface area contributed by atoms with Gasteiger partial charge in [-0.25, -0.2) is 4.39 Å². The molecule has 2 nitrogen and oxygen atoms in total. The summed E-state index contributed by atoms with van der Waals surface area (Å²) < 4.78 is 57.4. The molecule has 0 radical (unpaired) electrons. The minimum atomic E-state index is -4.20. The predicted molar refractivity (Wildman–Crippen MR) is 71.4 cm³/mol. The Labute approximate surface area is 121 Å². The lowest BCUT2D eigenvalue weighted by molar-refractivity contribution is -0.186. The Bertz CT molecular complexity index is 489. The van der Waals surface area contributed by atoms with Gasteiger partial charge in [0.15, 0.2) is 0 Å². The summed E-state index contributed by atoms with van der Waals surface area (Å²) in [6, 6.07) is 3.55. The Balaban J connectivity index is 2.14. The van der Waals surface area contributed by atoms with Gasteiger partial charge in [0.2, 0.25) is 0 Å². The number of benzene rings is 1. The van der Waals surface area contributed by atoms with Crippen molar-refractivity contribution in [2.75, 3.05) is 7.11 Å². The second-order valence-corrected chi connectivity index (χ2v) is 5.58. The lowest BCUT2D eigenvalue weighted by Crippen LogP contribution is -2.33. The van der Waals surface area contributed by atoms with Gasteiger partial charge in [0.05, 0.1) is 13.0 Å². The highest BCUT2D eigenvalue weighted by Crippen LogP contribution is 2.43. The van der Waals surface area contributed by atoms with Gasteiger partial charge in [0, 0.05) is 17.7 Å². The summed E-state index contributed by atoms with van der Waals surface area (Å²) in [5.41, 5.74) is 6.27. The van der Waals surface area contributed by atoms with Gasteiger partial charge in [-0.05, 0) is 31.2 Å². The van der Waals surface area contributed by atoms with Crippen LogP contribution in [0.15, 0.2) is 18.2 Å². The van der Waals surface area contributed by atoms with E-state index < -0.39 is 24.0 Å². The highest BCUT2D eigenvalue weighted by atomic mass is 19.4. The van der Waals surface area contributed by atoms with E-state index in [9.17, 15) is 17.6 Å². The molecule has 1 aromatic rings. The first kappa shape index (κ1) is 16.1. The molecule has 0 aromatic heterocycles. The molecule has 0 spiro atoms. The van der Waals surface area contributed by atoms with E-state index in [1.807, 2.05) is 0 Å². The number of ether oxygens (including phenoxy) is 1. The Kier molecular flexibility index (Phi) is 4.76. The largest absolute Gasteiger partial charge is 0.497 e. The second-order valence-electron chi connectivity index (χ2n) is 5.58. The Morgan fingerprint density at radius 1 is 1.29 bits per heavy atom. The van der Waals surface area contributed by atoms with Gasteiger partial charge in [0.25, 0.3) is 0 Å². The molecular formula is C15H19F4NO. The Morgan fingerprint density at radius 2 is 2.00 bits per heavy atom. The molecule has 1 saturated carbocycles. The van der Waals surface area contributed by atoms with Crippen LogP contribution in [-0.4, -0.2) is 13.3 Å². The van der Waals surface area contributed by atoms with Gasteiger partial charge in [-0.3, -0.25) is 0 Å². The van der Waals surface area contributed by atoms with Crippen LogP contribution in [0.25, 0.3) is 0 Å². The molecule has 0 saturated heterocycles. The van der Waals surface area contributed by atoms with Gasteiger partial charge in [-0.1, -0.05) is 12.5 Å². The summed E-state index contributed by atoms with van der Waals surface area (Å²) in [7, 11) is 1.42. The molecule has 0 amide bonds. The van der Waals surface area contributed by atoms with Crippen LogP contribution in [0.4, 0.5) is 17.6 Å². The van der Waals surface area contributed by atoms with Crippen molar-refractivity contribution >= 4 is 0 Å². The number of nitrogens with two attached hydrogens (primary N) is 1. The third-order valence-corrected chi connectivity index (χ3v) is 4.25. The van der Waals surface area contributed by atoms with Crippen LogP contribution in [-0.2, 0) is 0 Å². The van der Waals surface area contributed by atoms with E-state index in [4.69, 9.17) is 10.5 Å². The van der Waals surface area contributed by atoms with Crippen molar-refractivity contribution in [2.24, 2.45) is 17.6 Å². The molecule has 1 aliphatic carbocycles. The maximum absolute atomic E-state index is 14.0. The SMILES string of the molecule is COc1ccc(C(N)C2CCCC(C(F)(F)F)C2)c(F)c1. The van der Waals surface area contributed by atoms with Gasteiger partial charge >= 0.3 is 6.18 Å². The monoisotopic (exact) mass is 305 g/mol. The minimum absolute atomic E-state index is 0.0316. The van der Waals surface area contributed by atoms with E-state index in [-0.39, 0.29) is 24.3 Å². The van der Waals surface area contributed by atoms with Crippen LogP contribution in [0, 0.1) is 17.7 Å². The van der Waals surface area contributed by atoms with Gasteiger partial charge in [-0.15, -0.1) is 0 Å². The first-order chi connectivity index (χ1) is 9.82. The predicted octanol–water partition coefficient (Wildman–Crippen LogP) is 4.20. The van der Waals surface area contributed by atoms with Crippen molar-refractivity contribution in [3.05, 3.63) is 29.6 Å². The topological polar surface area (TPSA) is 35.2 Å². The second kappa shape index (κ2) is 6.22. The fourth-order valence-corrected chi connectivity index (χ4v) is 3.01. The molecule has 6 heteroatoms. The standard InChI is InChI=1S/C15H19F4NO/c1-21-11-5-6-12(13(16)8-11)14(20)9-3-2-4-10(7-9)15(17,18)19/h5-6,8-10,14H,2-4,7,20H2,1H3. The molecule has 118 valence electrons. The van der Waals surface area contributed by atoms with Crippen LogP contribution in [0.1, 0.15) is 37.3 Å². The van der Waals surface area contributed by atoms with E-state index in [0.29, 0.717) is 18.6 Å². The zero-order valence-corrected chi connectivity index (χ0v) is 11.8. The average molecular weight is 305 g/mol. The summed E-state index contributed by atoms with van der Waals surface area (Å²) in [6.45, 7) is 0. The molecule has 1 fully saturated rings. The molecule has 2 N–H and O–H groups in total. The van der Waals surface area contributed by atoms with Gasteiger partial charge in [-0.2, -0.15) is 13.2 Å². The summed E-state index contributed by atoms with van der Waals surface area (Å²) in [4.78, 5) is 0. The van der Waals surface area contributed by atoms with Crippen molar-refractivity contribution in [2.45, 2.75) is 37.9 Å². The van der Waals surface area contributed by atoms with Crippen molar-refractivity contribution in [1.29, 1.82) is 0 Å². The molecule has 21 heavy (non-hydrogen) atoms. The molecular weight excluding hydrogens is 286 g/mol. The lowest BCUT2D eigenvalue weighted by Gasteiger charge is -2.34. The molecule has 0 aliphatic heterocycles. The van der Waals surface area contributed by atoms with E-state index in [2.05, 4.69) is 0 Å². The number of hydrogen-bond donors (Lipinski definition) is 1. The third-order valence-electron chi connectivity index (χ3n) is 4.25. The van der Waals surface area contributed by atoms with Crippen molar-refractivity contribution in [3.63, 3.8) is 0 Å². The number of rotatable bonds is 3. The van der Waals surface area contributed by atoms with Crippen LogP contribution < -0.4 is 10.5 Å². The first-order valence-electron chi connectivity index (χ1n) is 6.98. The van der Waals surface area contributed by atoms with Crippen LogP contribution in [0.2, 0.25) is 0 Å². The molecule has 0 heterocycles. The maximum Gasteiger partial charge on any atom is 0.391 e. The summed E-state index contributed by atoms with van der Waals surface area (Å²) in [6.07, 6.45) is -3.02. The molecule has 0 bridgehead atoms. The van der Waals surface area contributed by atoms with E-state index in [1.165, 1.54) is 19.2 Å². The van der Waals surface area contributed by atoms with Crippen LogP contribution in [0.5, 0.6) is 5.75 Å². The van der Waals surface area contributed by atoms with Crippen molar-refractivity contribution < 1.29 is 22.3 Å². The van der Waals surface area contributed by atoms with Crippen molar-refractivity contribution in [1.82, 2.24) is 0 Å². The van der Waals surface area contributed by atoms with Crippen LogP contribution >= 0.6 is 0 Å². The van der Waals surface area contributed by atoms with E-state index in [0.717, 1.165) is 0 Å². The molecule has 2 rings (SSSR count). The minimum Gasteiger partial charge on any atom is -0.497 e. The van der Waals surface area contributed by atoms with Gasteiger partial charge in [0.1, 0.15) is 11.6 Å². The Hall–Kier alpha value is -1.30. The number of hydrogen-bond acceptors (Lipinski definition) is 2. The highest BCUT2D eigenvalue weighted by Gasteiger charge is 2.43. The maximum atomic E-state index is 14.0. The summed E-state index contributed by atoms with van der Waals surface area (Å²) in [5.74, 6) is -1.85. The fraction of sp³-hybridized carbons (Fsp3) is 0.600. The summed E-state index contributed by atoms with van der Waals surface area (Å²) >= 11 is 0. The molecule has 1 aromatic carbocycles. The first-order valence-corrected chi connectivity index (χ1v) is 6.98.